The van der Waals surface area contributed by atoms with Gasteiger partial charge in [0, 0.05) is 6.54 Å². The Hall–Kier alpha value is -1.67. The maximum atomic E-state index is 13.3. The molecule has 0 amide bonds. The number of rotatable bonds is 4. The van der Waals surface area contributed by atoms with E-state index in [1.807, 2.05) is 36.4 Å². The lowest BCUT2D eigenvalue weighted by atomic mass is 9.99. The molecule has 2 aromatic rings. The smallest absolute Gasteiger partial charge is 0.123 e. The van der Waals surface area contributed by atoms with Crippen LogP contribution >= 0.6 is 0 Å². The van der Waals surface area contributed by atoms with Gasteiger partial charge in [0.15, 0.2) is 0 Å². The molecule has 0 atom stereocenters. The minimum absolute atomic E-state index is 0.191. The van der Waals surface area contributed by atoms with Gasteiger partial charge in [0.05, 0.1) is 0 Å². The molecule has 0 aliphatic carbocycles. The van der Waals surface area contributed by atoms with Crippen molar-refractivity contribution in [1.29, 1.82) is 0 Å². The first-order valence-electron chi connectivity index (χ1n) is 5.86. The highest BCUT2D eigenvalue weighted by atomic mass is 19.1. The maximum Gasteiger partial charge on any atom is 0.123 e. The van der Waals surface area contributed by atoms with E-state index < -0.39 is 0 Å². The van der Waals surface area contributed by atoms with Gasteiger partial charge < -0.3 is 5.32 Å². The Kier molecular flexibility index (Phi) is 3.89. The molecule has 2 aromatic carbocycles. The highest BCUT2D eigenvalue weighted by molar-refractivity contribution is 5.67. The van der Waals surface area contributed by atoms with E-state index in [1.54, 1.807) is 6.07 Å². The summed E-state index contributed by atoms with van der Waals surface area (Å²) in [6.45, 7) is 3.73. The molecule has 0 aliphatic heterocycles. The third-order valence-electron chi connectivity index (χ3n) is 2.72. The highest BCUT2D eigenvalue weighted by Crippen LogP contribution is 2.24. The largest absolute Gasteiger partial charge is 0.313 e. The van der Waals surface area contributed by atoms with Gasteiger partial charge in [0.25, 0.3) is 0 Å². The van der Waals surface area contributed by atoms with Gasteiger partial charge in [-0.2, -0.15) is 0 Å². The molecular formula is C15H16FN. The average Bonchev–Trinajstić information content (AvgIpc) is 2.38. The summed E-state index contributed by atoms with van der Waals surface area (Å²) in [5.74, 6) is -0.191. The molecule has 2 heteroatoms. The van der Waals surface area contributed by atoms with E-state index in [4.69, 9.17) is 0 Å². The third-order valence-corrected chi connectivity index (χ3v) is 2.72. The van der Waals surface area contributed by atoms with Crippen molar-refractivity contribution in [1.82, 2.24) is 5.32 Å². The van der Waals surface area contributed by atoms with Crippen molar-refractivity contribution in [3.63, 3.8) is 0 Å². The minimum Gasteiger partial charge on any atom is -0.313 e. The molecule has 88 valence electrons. The number of benzene rings is 2. The fraction of sp³-hybridized carbons (Fsp3) is 0.200. The molecule has 0 aromatic heterocycles. The van der Waals surface area contributed by atoms with E-state index in [1.165, 1.54) is 6.07 Å². The van der Waals surface area contributed by atoms with Gasteiger partial charge in [-0.05, 0) is 35.4 Å². The van der Waals surface area contributed by atoms with Crippen LogP contribution in [0.1, 0.15) is 12.5 Å². The summed E-state index contributed by atoms with van der Waals surface area (Å²) in [6.07, 6.45) is 0. The molecule has 0 saturated carbocycles. The second kappa shape index (κ2) is 5.60. The van der Waals surface area contributed by atoms with E-state index >= 15 is 0 Å². The predicted octanol–water partition coefficient (Wildman–Crippen LogP) is 3.60. The van der Waals surface area contributed by atoms with Crippen molar-refractivity contribution in [3.8, 4) is 11.1 Å². The van der Waals surface area contributed by atoms with Gasteiger partial charge in [-0.15, -0.1) is 0 Å². The van der Waals surface area contributed by atoms with E-state index in [0.29, 0.717) is 0 Å². The van der Waals surface area contributed by atoms with E-state index in [2.05, 4.69) is 12.2 Å². The van der Waals surface area contributed by atoms with Crippen LogP contribution in [0.15, 0.2) is 48.5 Å². The second-order valence-corrected chi connectivity index (χ2v) is 3.95. The monoisotopic (exact) mass is 229 g/mol. The van der Waals surface area contributed by atoms with E-state index in [9.17, 15) is 4.39 Å². The molecule has 0 spiro atoms. The standard InChI is InChI=1S/C15H16FN/c1-2-17-11-13-8-9-14(16)10-15(13)12-6-4-3-5-7-12/h3-10,17H,2,11H2,1H3. The molecule has 0 radical (unpaired) electrons. The summed E-state index contributed by atoms with van der Waals surface area (Å²) in [6, 6.07) is 14.9. The Morgan fingerprint density at radius 3 is 2.53 bits per heavy atom. The molecule has 0 heterocycles. The first-order chi connectivity index (χ1) is 8.31. The zero-order chi connectivity index (χ0) is 12.1. The Labute approximate surface area is 101 Å². The molecule has 0 bridgehead atoms. The Balaban J connectivity index is 2.40. The number of nitrogens with one attached hydrogen (secondary N) is 1. The van der Waals surface area contributed by atoms with E-state index in [-0.39, 0.29) is 5.82 Å². The molecule has 1 N–H and O–H groups in total. The zero-order valence-electron chi connectivity index (χ0n) is 9.91. The first kappa shape index (κ1) is 11.8. The Morgan fingerprint density at radius 1 is 1.06 bits per heavy atom. The van der Waals surface area contributed by atoms with Crippen LogP contribution in [0.25, 0.3) is 11.1 Å². The quantitative estimate of drug-likeness (QED) is 0.844. The van der Waals surface area contributed by atoms with Crippen LogP contribution in [-0.2, 0) is 6.54 Å². The predicted molar refractivity (Wildman–Crippen MR) is 69.2 cm³/mol. The molecular weight excluding hydrogens is 213 g/mol. The Morgan fingerprint density at radius 2 is 1.82 bits per heavy atom. The minimum atomic E-state index is -0.191. The van der Waals surface area contributed by atoms with Gasteiger partial charge >= 0.3 is 0 Å². The normalized spacial score (nSPS) is 10.5. The summed E-state index contributed by atoms with van der Waals surface area (Å²) >= 11 is 0. The van der Waals surface area contributed by atoms with Crippen molar-refractivity contribution in [2.75, 3.05) is 6.54 Å². The number of hydrogen-bond donors (Lipinski definition) is 1. The summed E-state index contributed by atoms with van der Waals surface area (Å²) in [5.41, 5.74) is 3.14. The van der Waals surface area contributed by atoms with Gasteiger partial charge in [0.2, 0.25) is 0 Å². The summed E-state index contributed by atoms with van der Waals surface area (Å²) in [4.78, 5) is 0. The van der Waals surface area contributed by atoms with Gasteiger partial charge in [-0.1, -0.05) is 43.3 Å². The van der Waals surface area contributed by atoms with Crippen LogP contribution < -0.4 is 5.32 Å². The second-order valence-electron chi connectivity index (χ2n) is 3.95. The summed E-state index contributed by atoms with van der Waals surface area (Å²) < 4.78 is 13.3. The van der Waals surface area contributed by atoms with Crippen molar-refractivity contribution in [2.24, 2.45) is 0 Å². The molecule has 17 heavy (non-hydrogen) atoms. The maximum absolute atomic E-state index is 13.3. The molecule has 0 saturated heterocycles. The van der Waals surface area contributed by atoms with Crippen molar-refractivity contribution in [3.05, 3.63) is 59.9 Å². The molecule has 0 unspecified atom stereocenters. The number of hydrogen-bond acceptors (Lipinski definition) is 1. The fourth-order valence-corrected chi connectivity index (χ4v) is 1.85. The first-order valence-corrected chi connectivity index (χ1v) is 5.86. The summed E-state index contributed by atoms with van der Waals surface area (Å²) in [5, 5.41) is 3.27. The van der Waals surface area contributed by atoms with Crippen LogP contribution in [0.3, 0.4) is 0 Å². The third kappa shape index (κ3) is 2.92. The highest BCUT2D eigenvalue weighted by Gasteiger charge is 2.05. The average molecular weight is 229 g/mol. The van der Waals surface area contributed by atoms with Gasteiger partial charge in [-0.25, -0.2) is 4.39 Å². The van der Waals surface area contributed by atoms with Crippen LogP contribution in [0, 0.1) is 5.82 Å². The topological polar surface area (TPSA) is 12.0 Å². The van der Waals surface area contributed by atoms with Crippen molar-refractivity contribution in [2.45, 2.75) is 13.5 Å². The lowest BCUT2D eigenvalue weighted by Crippen LogP contribution is -2.12. The molecule has 2 rings (SSSR count). The zero-order valence-corrected chi connectivity index (χ0v) is 9.91. The van der Waals surface area contributed by atoms with Gasteiger partial charge in [-0.3, -0.25) is 0 Å². The molecule has 0 fully saturated rings. The van der Waals surface area contributed by atoms with Gasteiger partial charge in [0.1, 0.15) is 5.82 Å². The lowest BCUT2D eigenvalue weighted by molar-refractivity contribution is 0.626. The Bertz CT molecular complexity index is 480. The molecule has 1 nitrogen and oxygen atoms in total. The fourth-order valence-electron chi connectivity index (χ4n) is 1.85. The molecule has 0 aliphatic rings. The van der Waals surface area contributed by atoms with Crippen LogP contribution in [0.4, 0.5) is 4.39 Å². The SMILES string of the molecule is CCNCc1ccc(F)cc1-c1ccccc1. The van der Waals surface area contributed by atoms with E-state index in [0.717, 1.165) is 29.8 Å². The lowest BCUT2D eigenvalue weighted by Gasteiger charge is -2.10. The van der Waals surface area contributed by atoms with Crippen molar-refractivity contribution < 1.29 is 4.39 Å². The van der Waals surface area contributed by atoms with Crippen molar-refractivity contribution >= 4 is 0 Å². The van der Waals surface area contributed by atoms with Crippen LogP contribution in [0.2, 0.25) is 0 Å². The van der Waals surface area contributed by atoms with Crippen LogP contribution in [-0.4, -0.2) is 6.54 Å². The van der Waals surface area contributed by atoms with Crippen LogP contribution in [0.5, 0.6) is 0 Å². The summed E-state index contributed by atoms with van der Waals surface area (Å²) in [7, 11) is 0. The number of halogens is 1.